The van der Waals surface area contributed by atoms with Gasteiger partial charge in [-0.25, -0.2) is 0 Å². The highest BCUT2D eigenvalue weighted by atomic mass is 31.2. The van der Waals surface area contributed by atoms with E-state index in [1.54, 1.807) is 0 Å². The van der Waals surface area contributed by atoms with Crippen LogP contribution in [-0.4, -0.2) is 10.5 Å². The molecule has 40 heavy (non-hydrogen) atoms. The summed E-state index contributed by atoms with van der Waals surface area (Å²) in [4.78, 5) is 11.7. The number of allylic oxidation sites excluding steroid dienone is 2. The number of hydrogen-bond donors (Lipinski definition) is 1. The monoisotopic (exact) mass is 570 g/mol. The molecule has 1 aliphatic carbocycles. The normalized spacial score (nSPS) is 24.8. The van der Waals surface area contributed by atoms with E-state index in [1.807, 2.05) is 0 Å². The molecule has 0 aromatic heterocycles. The third-order valence-corrected chi connectivity index (χ3v) is 9.83. The molecular weight excluding hydrogens is 511 g/mol. The molecule has 1 aliphatic heterocycles. The molecule has 4 atom stereocenters. The van der Waals surface area contributed by atoms with Gasteiger partial charge < -0.3 is 9.42 Å². The largest absolute Gasteiger partial charge is 0.426 e. The zero-order valence-electron chi connectivity index (χ0n) is 28.2. The van der Waals surface area contributed by atoms with Crippen molar-refractivity contribution in [2.45, 2.75) is 145 Å². The molecule has 0 bridgehead atoms. The van der Waals surface area contributed by atoms with Crippen molar-refractivity contribution >= 4 is 14.2 Å². The fourth-order valence-corrected chi connectivity index (χ4v) is 7.61. The smallest absolute Gasteiger partial charge is 0.395 e. The Balaban J connectivity index is 2.54. The van der Waals surface area contributed by atoms with Gasteiger partial charge in [0.25, 0.3) is 0 Å². The van der Waals surface area contributed by atoms with E-state index in [-0.39, 0.29) is 33.5 Å². The maximum Gasteiger partial charge on any atom is 0.395 e. The third-order valence-electron chi connectivity index (χ3n) is 9.04. The molecule has 0 fully saturated rings. The number of benzene rings is 1. The van der Waals surface area contributed by atoms with Crippen LogP contribution in [0, 0.1) is 22.7 Å². The molecule has 4 unspecified atom stereocenters. The first-order chi connectivity index (χ1) is 18.2. The van der Waals surface area contributed by atoms with Crippen molar-refractivity contribution in [2.24, 2.45) is 22.7 Å². The molecule has 0 saturated carbocycles. The van der Waals surface area contributed by atoms with E-state index in [0.717, 1.165) is 36.1 Å². The second kappa shape index (κ2) is 11.5. The quantitative estimate of drug-likeness (QED) is 0.273. The molecule has 3 rings (SSSR count). The summed E-state index contributed by atoms with van der Waals surface area (Å²) in [5, 5.41) is 0. The minimum atomic E-state index is -2.14. The average molecular weight is 571 g/mol. The van der Waals surface area contributed by atoms with Gasteiger partial charge in [-0.05, 0) is 56.8 Å². The molecule has 1 aromatic rings. The highest BCUT2D eigenvalue weighted by Gasteiger charge is 2.57. The van der Waals surface area contributed by atoms with Gasteiger partial charge in [-0.2, -0.15) is 0 Å². The zero-order valence-corrected chi connectivity index (χ0v) is 29.1. The molecule has 3 nitrogen and oxygen atoms in total. The van der Waals surface area contributed by atoms with Crippen LogP contribution in [-0.2, 0) is 15.4 Å². The number of hydrogen-bond acceptors (Lipinski definition) is 3. The molecule has 4 heteroatoms. The summed E-state index contributed by atoms with van der Waals surface area (Å²) in [6, 6.07) is 4.66. The molecule has 0 radical (unpaired) electrons. The number of rotatable bonds is 6. The lowest BCUT2D eigenvalue weighted by Crippen LogP contribution is -2.53. The van der Waals surface area contributed by atoms with Crippen molar-refractivity contribution in [1.82, 2.24) is 0 Å². The van der Waals surface area contributed by atoms with Crippen LogP contribution in [0.2, 0.25) is 0 Å². The Kier molecular flexibility index (Phi) is 9.59. The van der Waals surface area contributed by atoms with Crippen molar-refractivity contribution in [3.8, 4) is 5.75 Å². The maximum absolute atomic E-state index is 11.7. The van der Waals surface area contributed by atoms with E-state index in [9.17, 15) is 4.89 Å². The molecule has 226 valence electrons. The van der Waals surface area contributed by atoms with Crippen LogP contribution >= 0.6 is 8.60 Å². The van der Waals surface area contributed by atoms with E-state index in [1.165, 1.54) is 29.6 Å². The summed E-state index contributed by atoms with van der Waals surface area (Å²) in [5.41, 5.74) is 5.05. The van der Waals surface area contributed by atoms with Gasteiger partial charge in [0.1, 0.15) is 11.4 Å². The van der Waals surface area contributed by atoms with Gasteiger partial charge in [-0.1, -0.05) is 141 Å². The predicted molar refractivity (Wildman–Crippen MR) is 174 cm³/mol. The van der Waals surface area contributed by atoms with Gasteiger partial charge in [0.2, 0.25) is 0 Å². The molecule has 0 spiro atoms. The Morgan fingerprint density at radius 2 is 1.50 bits per heavy atom. The third kappa shape index (κ3) is 6.58. The van der Waals surface area contributed by atoms with Crippen LogP contribution in [0.3, 0.4) is 0 Å². The van der Waals surface area contributed by atoms with E-state index < -0.39 is 14.2 Å². The first-order valence-electron chi connectivity index (χ1n) is 15.7. The van der Waals surface area contributed by atoms with E-state index in [2.05, 4.69) is 121 Å². The Labute approximate surface area is 248 Å². The SMILES string of the molecule is CCCCCC(CC)C12OP(O)Oc3c(cc(C(C)(C)C)cc3C(C)(C)C)C1=CC(C(C)(C)C)=CC2C(C)(C)C. The predicted octanol–water partition coefficient (Wildman–Crippen LogP) is 11.3. The molecule has 2 aliphatic rings. The number of fused-ring (bicyclic) bond motifs is 3. The fourth-order valence-electron chi connectivity index (χ4n) is 6.60. The minimum absolute atomic E-state index is 0.0294. The van der Waals surface area contributed by atoms with Crippen LogP contribution < -0.4 is 4.52 Å². The molecule has 1 aromatic carbocycles. The lowest BCUT2D eigenvalue weighted by atomic mass is 9.56. The lowest BCUT2D eigenvalue weighted by Gasteiger charge is -2.53. The molecular formula is C36H59O3P. The van der Waals surface area contributed by atoms with Crippen LogP contribution in [0.25, 0.3) is 5.57 Å². The van der Waals surface area contributed by atoms with Gasteiger partial charge in [-0.15, -0.1) is 0 Å². The second-order valence-electron chi connectivity index (χ2n) is 16.5. The van der Waals surface area contributed by atoms with Crippen molar-refractivity contribution in [2.75, 3.05) is 0 Å². The fraction of sp³-hybridized carbons (Fsp3) is 0.722. The Morgan fingerprint density at radius 3 is 1.98 bits per heavy atom. The van der Waals surface area contributed by atoms with Crippen LogP contribution in [0.4, 0.5) is 0 Å². The average Bonchev–Trinajstić information content (AvgIpc) is 2.91. The number of unbranched alkanes of at least 4 members (excludes halogenated alkanes) is 2. The molecule has 1 N–H and O–H groups in total. The zero-order chi connectivity index (χ0) is 30.5. The van der Waals surface area contributed by atoms with Crippen LogP contribution in [0.5, 0.6) is 5.75 Å². The Hall–Kier alpha value is -1.15. The molecule has 1 heterocycles. The Bertz CT molecular complexity index is 1120. The first-order valence-corrected chi connectivity index (χ1v) is 16.8. The van der Waals surface area contributed by atoms with Crippen molar-refractivity contribution in [1.29, 1.82) is 0 Å². The topological polar surface area (TPSA) is 38.7 Å². The highest BCUT2D eigenvalue weighted by molar-refractivity contribution is 7.41. The van der Waals surface area contributed by atoms with Crippen molar-refractivity contribution in [3.63, 3.8) is 0 Å². The van der Waals surface area contributed by atoms with Gasteiger partial charge >= 0.3 is 8.60 Å². The van der Waals surface area contributed by atoms with Gasteiger partial charge in [0, 0.05) is 17.0 Å². The summed E-state index contributed by atoms with van der Waals surface area (Å²) in [5.74, 6) is 1.12. The van der Waals surface area contributed by atoms with E-state index in [4.69, 9.17) is 9.05 Å². The van der Waals surface area contributed by atoms with Crippen LogP contribution in [0.15, 0.2) is 29.9 Å². The Morgan fingerprint density at radius 1 is 0.875 bits per heavy atom. The van der Waals surface area contributed by atoms with Gasteiger partial charge in [-0.3, -0.25) is 4.52 Å². The van der Waals surface area contributed by atoms with Gasteiger partial charge in [0.05, 0.1) is 0 Å². The minimum Gasteiger partial charge on any atom is -0.426 e. The van der Waals surface area contributed by atoms with E-state index >= 15 is 0 Å². The summed E-state index contributed by atoms with van der Waals surface area (Å²) in [6.45, 7) is 32.1. The van der Waals surface area contributed by atoms with Crippen molar-refractivity contribution in [3.05, 3.63) is 46.5 Å². The summed E-state index contributed by atoms with van der Waals surface area (Å²) < 4.78 is 13.6. The summed E-state index contributed by atoms with van der Waals surface area (Å²) in [6.07, 6.45) is 10.5. The maximum atomic E-state index is 11.7. The van der Waals surface area contributed by atoms with E-state index in [0.29, 0.717) is 0 Å². The molecule has 0 amide bonds. The van der Waals surface area contributed by atoms with Crippen molar-refractivity contribution < 1.29 is 13.9 Å². The van der Waals surface area contributed by atoms with Gasteiger partial charge in [0.15, 0.2) is 0 Å². The highest BCUT2D eigenvalue weighted by Crippen LogP contribution is 2.64. The second-order valence-corrected chi connectivity index (χ2v) is 17.3. The van der Waals surface area contributed by atoms with Crippen LogP contribution in [0.1, 0.15) is 146 Å². The lowest BCUT2D eigenvalue weighted by molar-refractivity contribution is -0.0264. The standard InChI is InChI=1S/C36H59O3P/c1-15-17-18-19-24(16-2)36-28(21-26(33(6,7)8)23-30(36)35(12,13)14)27-20-25(32(3,4)5)22-29(34(9,10)11)31(27)38-40(37)39-36/h20-24,30,37H,15-19H2,1-14H3. The first kappa shape index (κ1) is 33.4. The summed E-state index contributed by atoms with van der Waals surface area (Å²) in [7, 11) is -2.14. The summed E-state index contributed by atoms with van der Waals surface area (Å²) >= 11 is 0. The molecule has 0 saturated heterocycles.